The van der Waals surface area contributed by atoms with Gasteiger partial charge in [0.2, 0.25) is 0 Å². The maximum atomic E-state index is 12.5. The third-order valence-corrected chi connectivity index (χ3v) is 7.97. The monoisotopic (exact) mass is 344 g/mol. The van der Waals surface area contributed by atoms with Crippen LogP contribution in [0, 0.1) is 28.6 Å². The van der Waals surface area contributed by atoms with Gasteiger partial charge < -0.3 is 4.74 Å². The van der Waals surface area contributed by atoms with E-state index in [-0.39, 0.29) is 28.7 Å². The molecule has 6 atom stereocenters. The van der Waals surface area contributed by atoms with Gasteiger partial charge in [-0.25, -0.2) is 0 Å². The van der Waals surface area contributed by atoms with Crippen molar-refractivity contribution in [1.29, 1.82) is 0 Å². The van der Waals surface area contributed by atoms with E-state index in [0.717, 1.165) is 37.7 Å². The van der Waals surface area contributed by atoms with Crippen molar-refractivity contribution in [1.82, 2.24) is 0 Å². The average molecular weight is 344 g/mol. The van der Waals surface area contributed by atoms with Crippen LogP contribution in [0.1, 0.15) is 65.7 Å². The number of hydrogen-bond acceptors (Lipinski definition) is 4. The number of ketones is 2. The zero-order valence-electron chi connectivity index (χ0n) is 15.5. The Bertz CT molecular complexity index is 677. The first kappa shape index (κ1) is 17.0. The quantitative estimate of drug-likeness (QED) is 0.682. The molecule has 0 amide bonds. The minimum atomic E-state index is -0.300. The van der Waals surface area contributed by atoms with E-state index in [1.807, 2.05) is 0 Å². The van der Waals surface area contributed by atoms with Crippen LogP contribution in [0.2, 0.25) is 0 Å². The summed E-state index contributed by atoms with van der Waals surface area (Å²) < 4.78 is 5.69. The smallest absolute Gasteiger partial charge is 0.303 e. The molecule has 0 unspecified atom stereocenters. The number of carbonyl (C=O) groups is 3. The minimum absolute atomic E-state index is 0.0795. The molecule has 4 heteroatoms. The zero-order valence-corrected chi connectivity index (χ0v) is 15.5. The fourth-order valence-electron chi connectivity index (χ4n) is 6.66. The van der Waals surface area contributed by atoms with E-state index in [1.165, 1.54) is 6.92 Å². The second kappa shape index (κ2) is 5.52. The van der Waals surface area contributed by atoms with E-state index >= 15 is 0 Å². The Labute approximate surface area is 149 Å². The van der Waals surface area contributed by atoms with Gasteiger partial charge in [0.05, 0.1) is 0 Å². The van der Waals surface area contributed by atoms with Gasteiger partial charge in [-0.2, -0.15) is 0 Å². The maximum absolute atomic E-state index is 12.5. The number of carbonyl (C=O) groups excluding carboxylic acids is 3. The molecule has 0 bridgehead atoms. The second-order valence-corrected chi connectivity index (χ2v) is 9.11. The molecule has 0 spiro atoms. The normalized spacial score (nSPS) is 46.0. The van der Waals surface area contributed by atoms with E-state index in [0.29, 0.717) is 36.4 Å². The fraction of sp³-hybridized carbons (Fsp3) is 0.762. The molecule has 3 saturated carbocycles. The van der Waals surface area contributed by atoms with E-state index in [9.17, 15) is 14.4 Å². The van der Waals surface area contributed by atoms with Gasteiger partial charge in [0.15, 0.2) is 5.78 Å². The summed E-state index contributed by atoms with van der Waals surface area (Å²) in [5.41, 5.74) is 0.765. The predicted molar refractivity (Wildman–Crippen MR) is 92.7 cm³/mol. The van der Waals surface area contributed by atoms with Crippen LogP contribution in [0.25, 0.3) is 0 Å². The summed E-state index contributed by atoms with van der Waals surface area (Å²) in [4.78, 5) is 36.3. The molecule has 136 valence electrons. The third kappa shape index (κ3) is 2.36. The summed E-state index contributed by atoms with van der Waals surface area (Å²) in [6, 6.07) is 0. The topological polar surface area (TPSA) is 60.4 Å². The van der Waals surface area contributed by atoms with Crippen LogP contribution in [0.4, 0.5) is 0 Å². The molecule has 4 nitrogen and oxygen atoms in total. The second-order valence-electron chi connectivity index (χ2n) is 9.11. The molecule has 0 aromatic carbocycles. The van der Waals surface area contributed by atoms with Crippen molar-refractivity contribution in [2.75, 3.05) is 0 Å². The largest absolute Gasteiger partial charge is 0.458 e. The van der Waals surface area contributed by atoms with Crippen molar-refractivity contribution < 1.29 is 19.1 Å². The number of hydrogen-bond donors (Lipinski definition) is 0. The SMILES string of the molecule is CC(=O)O[C@H]1C[C@H]2[C@@H](CC[C@@]3(C)C(=O)CC[C@@H]23)[C@@]2(C)CCC(=O)C=C12. The van der Waals surface area contributed by atoms with Crippen LogP contribution < -0.4 is 0 Å². The van der Waals surface area contributed by atoms with Gasteiger partial charge in [-0.05, 0) is 66.9 Å². The Morgan fingerprint density at radius 2 is 1.80 bits per heavy atom. The highest BCUT2D eigenvalue weighted by Gasteiger charge is 2.61. The molecule has 4 aliphatic carbocycles. The fourth-order valence-corrected chi connectivity index (χ4v) is 6.66. The van der Waals surface area contributed by atoms with E-state index < -0.39 is 0 Å². The molecule has 0 aliphatic heterocycles. The van der Waals surface area contributed by atoms with Crippen LogP contribution in [-0.2, 0) is 19.1 Å². The van der Waals surface area contributed by atoms with Gasteiger partial charge in [-0.15, -0.1) is 0 Å². The lowest BCUT2D eigenvalue weighted by Crippen LogP contribution is -2.54. The molecule has 0 aromatic heterocycles. The number of esters is 1. The van der Waals surface area contributed by atoms with Crippen molar-refractivity contribution in [3.8, 4) is 0 Å². The highest BCUT2D eigenvalue weighted by molar-refractivity contribution is 5.92. The first-order chi connectivity index (χ1) is 11.8. The molecular weight excluding hydrogens is 316 g/mol. The molecule has 0 saturated heterocycles. The minimum Gasteiger partial charge on any atom is -0.458 e. The molecule has 0 radical (unpaired) electrons. The Hall–Kier alpha value is -1.45. The summed E-state index contributed by atoms with van der Waals surface area (Å²) in [7, 11) is 0. The van der Waals surface area contributed by atoms with Crippen molar-refractivity contribution >= 4 is 17.5 Å². The van der Waals surface area contributed by atoms with Gasteiger partial charge in [0.1, 0.15) is 11.9 Å². The average Bonchev–Trinajstić information content (AvgIpc) is 2.84. The Kier molecular flexibility index (Phi) is 3.75. The van der Waals surface area contributed by atoms with Crippen molar-refractivity contribution in [2.45, 2.75) is 71.8 Å². The molecular formula is C21H28O4. The lowest BCUT2D eigenvalue weighted by Gasteiger charge is -2.58. The highest BCUT2D eigenvalue weighted by Crippen LogP contribution is 2.64. The molecule has 4 aliphatic rings. The molecule has 0 aromatic rings. The van der Waals surface area contributed by atoms with Gasteiger partial charge in [-0.1, -0.05) is 13.8 Å². The van der Waals surface area contributed by atoms with E-state index in [2.05, 4.69) is 13.8 Å². The van der Waals surface area contributed by atoms with Gasteiger partial charge in [0, 0.05) is 25.2 Å². The molecule has 25 heavy (non-hydrogen) atoms. The summed E-state index contributed by atoms with van der Waals surface area (Å²) in [5, 5.41) is 0. The van der Waals surface area contributed by atoms with Crippen LogP contribution >= 0.6 is 0 Å². The van der Waals surface area contributed by atoms with Crippen LogP contribution in [0.15, 0.2) is 11.6 Å². The predicted octanol–water partition coefficient (Wildman–Crippen LogP) is 3.63. The molecule has 0 N–H and O–H groups in total. The third-order valence-electron chi connectivity index (χ3n) is 7.97. The lowest BCUT2D eigenvalue weighted by molar-refractivity contribution is -0.154. The summed E-state index contributed by atoms with van der Waals surface area (Å²) in [5.74, 6) is 1.58. The highest BCUT2D eigenvalue weighted by atomic mass is 16.5. The standard InChI is InChI=1S/C21H28O4/c1-12(22)25-18-11-14-15-4-5-19(24)21(15,3)9-7-16(14)20(2)8-6-13(23)10-17(18)20/h10,14-16,18H,4-9,11H2,1-3H3/t14-,15+,16-,18+,20-,21-/m1/s1. The van der Waals surface area contributed by atoms with Gasteiger partial charge >= 0.3 is 5.97 Å². The number of ether oxygens (including phenoxy) is 1. The maximum Gasteiger partial charge on any atom is 0.303 e. The summed E-state index contributed by atoms with van der Waals surface area (Å²) >= 11 is 0. The van der Waals surface area contributed by atoms with Crippen molar-refractivity contribution in [3.63, 3.8) is 0 Å². The molecule has 3 fully saturated rings. The Morgan fingerprint density at radius 1 is 1.08 bits per heavy atom. The van der Waals surface area contributed by atoms with Crippen molar-refractivity contribution in [3.05, 3.63) is 11.6 Å². The molecule has 4 rings (SSSR count). The van der Waals surface area contributed by atoms with E-state index in [4.69, 9.17) is 4.74 Å². The van der Waals surface area contributed by atoms with E-state index in [1.54, 1.807) is 6.08 Å². The zero-order chi connectivity index (χ0) is 18.0. The van der Waals surface area contributed by atoms with Gasteiger partial charge in [0.25, 0.3) is 0 Å². The Morgan fingerprint density at radius 3 is 2.52 bits per heavy atom. The number of fused-ring (bicyclic) bond motifs is 5. The molecule has 0 heterocycles. The Balaban J connectivity index is 1.75. The first-order valence-corrected chi connectivity index (χ1v) is 9.71. The van der Waals surface area contributed by atoms with Crippen molar-refractivity contribution in [2.24, 2.45) is 28.6 Å². The first-order valence-electron chi connectivity index (χ1n) is 9.71. The van der Waals surface area contributed by atoms with Crippen LogP contribution in [0.3, 0.4) is 0 Å². The van der Waals surface area contributed by atoms with Crippen LogP contribution in [0.5, 0.6) is 0 Å². The number of rotatable bonds is 1. The summed E-state index contributed by atoms with van der Waals surface area (Å²) in [6.07, 6.45) is 7.33. The lowest BCUT2D eigenvalue weighted by atomic mass is 9.47. The van der Waals surface area contributed by atoms with Gasteiger partial charge in [-0.3, -0.25) is 14.4 Å². The summed E-state index contributed by atoms with van der Waals surface area (Å²) in [6.45, 7) is 5.86. The van der Waals surface area contributed by atoms with Crippen LogP contribution in [-0.4, -0.2) is 23.6 Å². The number of Topliss-reactive ketones (excluding diaryl/α,β-unsaturated/α-hetero) is 1.